The number of carbonyl (C=O) groups excluding carboxylic acids is 1. The van der Waals surface area contributed by atoms with Gasteiger partial charge < -0.3 is 4.90 Å². The molecule has 0 bridgehead atoms. The van der Waals surface area contributed by atoms with Crippen molar-refractivity contribution in [3.8, 4) is 0 Å². The van der Waals surface area contributed by atoms with Gasteiger partial charge in [-0.05, 0) is 25.3 Å². The van der Waals surface area contributed by atoms with Crippen LogP contribution in [0, 0.1) is 0 Å². The molecule has 0 saturated carbocycles. The number of carbonyl (C=O) groups is 1. The van der Waals surface area contributed by atoms with E-state index in [-0.39, 0.29) is 17.5 Å². The average Bonchev–Trinajstić information content (AvgIpc) is 2.90. The van der Waals surface area contributed by atoms with E-state index < -0.39 is 10.0 Å². The van der Waals surface area contributed by atoms with Crippen LogP contribution in [0.5, 0.6) is 0 Å². The molecule has 21 heavy (non-hydrogen) atoms. The zero-order valence-corrected chi connectivity index (χ0v) is 13.1. The molecule has 1 aromatic rings. The maximum atomic E-state index is 12.2. The van der Waals surface area contributed by atoms with E-state index in [2.05, 4.69) is 9.82 Å². The number of aryl methyl sites for hydroxylation is 1. The molecular weight excluding hydrogens is 292 g/mol. The maximum Gasteiger partial charge on any atom is 0.257 e. The fourth-order valence-corrected chi connectivity index (χ4v) is 3.58. The van der Waals surface area contributed by atoms with Gasteiger partial charge in [-0.1, -0.05) is 6.92 Å². The van der Waals surface area contributed by atoms with E-state index in [4.69, 9.17) is 0 Å². The van der Waals surface area contributed by atoms with Crippen LogP contribution >= 0.6 is 0 Å². The molecule has 0 aromatic carbocycles. The van der Waals surface area contributed by atoms with Crippen LogP contribution in [0.2, 0.25) is 0 Å². The first-order valence-corrected chi connectivity index (χ1v) is 8.82. The number of nitrogens with one attached hydrogen (secondary N) is 1. The van der Waals surface area contributed by atoms with E-state index in [1.165, 1.54) is 16.9 Å². The molecule has 1 amide bonds. The largest absolute Gasteiger partial charge is 0.341 e. The highest BCUT2D eigenvalue weighted by Crippen LogP contribution is 2.11. The van der Waals surface area contributed by atoms with Gasteiger partial charge in [0.05, 0.1) is 6.20 Å². The predicted octanol–water partition coefficient (Wildman–Crippen LogP) is 0.584. The Bertz CT molecular complexity index is 582. The molecule has 1 aliphatic heterocycles. The molecule has 2 heterocycles. The van der Waals surface area contributed by atoms with E-state index in [1.807, 2.05) is 6.92 Å². The minimum atomic E-state index is -3.58. The highest BCUT2D eigenvalue weighted by Gasteiger charge is 2.21. The Morgan fingerprint density at radius 1 is 1.33 bits per heavy atom. The molecule has 8 heteroatoms. The van der Waals surface area contributed by atoms with Gasteiger partial charge in [0.25, 0.3) is 10.0 Å². The van der Waals surface area contributed by atoms with Crippen molar-refractivity contribution in [1.82, 2.24) is 19.4 Å². The van der Waals surface area contributed by atoms with E-state index in [9.17, 15) is 13.2 Å². The molecule has 2 rings (SSSR count). The van der Waals surface area contributed by atoms with Crippen molar-refractivity contribution in [2.45, 2.75) is 44.2 Å². The first-order chi connectivity index (χ1) is 10.0. The molecule has 0 atom stereocenters. The molecule has 1 aliphatic rings. The Kier molecular flexibility index (Phi) is 5.35. The summed E-state index contributed by atoms with van der Waals surface area (Å²) in [5.74, 6) is 0.108. The first-order valence-electron chi connectivity index (χ1n) is 7.34. The molecule has 0 aliphatic carbocycles. The van der Waals surface area contributed by atoms with Crippen molar-refractivity contribution in [2.24, 2.45) is 0 Å². The molecule has 1 fully saturated rings. The highest BCUT2D eigenvalue weighted by molar-refractivity contribution is 7.89. The fourth-order valence-electron chi connectivity index (χ4n) is 2.42. The molecule has 1 N–H and O–H groups in total. The minimum absolute atomic E-state index is 0.108. The Labute approximate surface area is 125 Å². The second-order valence-corrected chi connectivity index (χ2v) is 6.84. The third-order valence-electron chi connectivity index (χ3n) is 3.48. The van der Waals surface area contributed by atoms with E-state index in [1.54, 1.807) is 4.90 Å². The quantitative estimate of drug-likeness (QED) is 0.798. The Balaban J connectivity index is 1.92. The number of aromatic nitrogens is 2. The SMILES string of the molecule is CCCn1nccc1S(=O)(=O)NCCN1CCCCC1=O. The highest BCUT2D eigenvalue weighted by atomic mass is 32.2. The second kappa shape index (κ2) is 7.04. The van der Waals surface area contributed by atoms with Gasteiger partial charge >= 0.3 is 0 Å². The fraction of sp³-hybridized carbons (Fsp3) is 0.692. The Morgan fingerprint density at radius 2 is 2.14 bits per heavy atom. The summed E-state index contributed by atoms with van der Waals surface area (Å²) in [6.07, 6.45) is 4.78. The molecule has 118 valence electrons. The van der Waals surface area contributed by atoms with Crippen molar-refractivity contribution in [1.29, 1.82) is 0 Å². The zero-order chi connectivity index (χ0) is 15.3. The van der Waals surface area contributed by atoms with Crippen molar-refractivity contribution < 1.29 is 13.2 Å². The Hall–Kier alpha value is -1.41. The van der Waals surface area contributed by atoms with Gasteiger partial charge in [-0.3, -0.25) is 9.48 Å². The van der Waals surface area contributed by atoms with Crippen LogP contribution in [-0.4, -0.2) is 48.6 Å². The molecule has 7 nitrogen and oxygen atoms in total. The van der Waals surface area contributed by atoms with Gasteiger partial charge in [-0.2, -0.15) is 5.10 Å². The maximum absolute atomic E-state index is 12.2. The van der Waals surface area contributed by atoms with Gasteiger partial charge in [0, 0.05) is 32.6 Å². The summed E-state index contributed by atoms with van der Waals surface area (Å²) in [5, 5.41) is 4.19. The van der Waals surface area contributed by atoms with Crippen molar-refractivity contribution in [3.63, 3.8) is 0 Å². The van der Waals surface area contributed by atoms with Gasteiger partial charge in [-0.25, -0.2) is 13.1 Å². The van der Waals surface area contributed by atoms with Crippen LogP contribution in [-0.2, 0) is 21.4 Å². The molecule has 1 aromatic heterocycles. The normalized spacial score (nSPS) is 16.4. The molecule has 0 radical (unpaired) electrons. The smallest absolute Gasteiger partial charge is 0.257 e. The summed E-state index contributed by atoms with van der Waals surface area (Å²) in [6.45, 7) is 3.89. The van der Waals surface area contributed by atoms with Crippen molar-refractivity contribution >= 4 is 15.9 Å². The predicted molar refractivity (Wildman–Crippen MR) is 78.1 cm³/mol. The number of hydrogen-bond donors (Lipinski definition) is 1. The number of sulfonamides is 1. The molecule has 0 spiro atoms. The van der Waals surface area contributed by atoms with Crippen LogP contribution < -0.4 is 4.72 Å². The van der Waals surface area contributed by atoms with Gasteiger partial charge in [0.15, 0.2) is 5.03 Å². The number of piperidine rings is 1. The third-order valence-corrected chi connectivity index (χ3v) is 4.97. The summed E-state index contributed by atoms with van der Waals surface area (Å²) in [5.41, 5.74) is 0. The summed E-state index contributed by atoms with van der Waals surface area (Å²) in [6, 6.07) is 1.49. The lowest BCUT2D eigenvalue weighted by Gasteiger charge is -2.26. The van der Waals surface area contributed by atoms with Crippen LogP contribution in [0.25, 0.3) is 0 Å². The van der Waals surface area contributed by atoms with Crippen LogP contribution in [0.15, 0.2) is 17.3 Å². The monoisotopic (exact) mass is 314 g/mol. The molecule has 0 unspecified atom stereocenters. The second-order valence-electron chi connectivity index (χ2n) is 5.13. The lowest BCUT2D eigenvalue weighted by atomic mass is 10.1. The number of hydrogen-bond acceptors (Lipinski definition) is 4. The molecule has 1 saturated heterocycles. The summed E-state index contributed by atoms with van der Waals surface area (Å²) in [4.78, 5) is 13.4. The Morgan fingerprint density at radius 3 is 2.86 bits per heavy atom. The number of nitrogens with zero attached hydrogens (tertiary/aromatic N) is 3. The topological polar surface area (TPSA) is 84.3 Å². The number of rotatable bonds is 7. The van der Waals surface area contributed by atoms with Gasteiger partial charge in [-0.15, -0.1) is 0 Å². The summed E-state index contributed by atoms with van der Waals surface area (Å²) in [7, 11) is -3.58. The van der Waals surface area contributed by atoms with Crippen LogP contribution in [0.1, 0.15) is 32.6 Å². The van der Waals surface area contributed by atoms with Crippen LogP contribution in [0.4, 0.5) is 0 Å². The lowest BCUT2D eigenvalue weighted by Crippen LogP contribution is -2.41. The minimum Gasteiger partial charge on any atom is -0.341 e. The van der Waals surface area contributed by atoms with Gasteiger partial charge in [0.1, 0.15) is 0 Å². The average molecular weight is 314 g/mol. The van der Waals surface area contributed by atoms with Crippen molar-refractivity contribution in [2.75, 3.05) is 19.6 Å². The number of likely N-dealkylation sites (tertiary alicyclic amines) is 1. The van der Waals surface area contributed by atoms with Crippen LogP contribution in [0.3, 0.4) is 0 Å². The van der Waals surface area contributed by atoms with E-state index in [0.29, 0.717) is 26.1 Å². The standard InChI is InChI=1S/C13H22N4O3S/c1-2-9-17-13(6-7-14-17)21(19,20)15-8-11-16-10-4-3-5-12(16)18/h6-7,15H,2-5,8-11H2,1H3. The molecular formula is C13H22N4O3S. The third kappa shape index (κ3) is 4.04. The number of amides is 1. The lowest BCUT2D eigenvalue weighted by molar-refractivity contribution is -0.133. The zero-order valence-electron chi connectivity index (χ0n) is 12.3. The van der Waals surface area contributed by atoms with E-state index >= 15 is 0 Å². The van der Waals surface area contributed by atoms with Crippen molar-refractivity contribution in [3.05, 3.63) is 12.3 Å². The van der Waals surface area contributed by atoms with Gasteiger partial charge in [0.2, 0.25) is 5.91 Å². The summed E-state index contributed by atoms with van der Waals surface area (Å²) < 4.78 is 28.5. The first kappa shape index (κ1) is 16.0. The van der Waals surface area contributed by atoms with E-state index in [0.717, 1.165) is 19.3 Å². The summed E-state index contributed by atoms with van der Waals surface area (Å²) >= 11 is 0.